The Labute approximate surface area is 165 Å². The average Bonchev–Trinajstić information content (AvgIpc) is 3.25. The molecule has 0 aliphatic rings. The van der Waals surface area contributed by atoms with Gasteiger partial charge in [0.1, 0.15) is 18.1 Å². The van der Waals surface area contributed by atoms with Crippen LogP contribution < -0.4 is 9.47 Å². The molecular formula is C22H16F2N2O3. The fraction of sp³-hybridized carbons (Fsp3) is 0.0909. The van der Waals surface area contributed by atoms with Gasteiger partial charge < -0.3 is 14.0 Å². The van der Waals surface area contributed by atoms with E-state index in [0.29, 0.717) is 34.3 Å². The SMILES string of the molecule is COc1cccc(-c2nc(-c3cccc(OCc4ccc(F)c(F)c4)c3)no2)c1. The maximum Gasteiger partial charge on any atom is 0.258 e. The van der Waals surface area contributed by atoms with Crippen LogP contribution in [0.2, 0.25) is 0 Å². The Hall–Kier alpha value is -3.74. The summed E-state index contributed by atoms with van der Waals surface area (Å²) in [7, 11) is 1.59. The van der Waals surface area contributed by atoms with E-state index in [4.69, 9.17) is 14.0 Å². The molecule has 0 spiro atoms. The Balaban J connectivity index is 1.51. The van der Waals surface area contributed by atoms with Gasteiger partial charge in [-0.15, -0.1) is 0 Å². The molecule has 29 heavy (non-hydrogen) atoms. The highest BCUT2D eigenvalue weighted by Crippen LogP contribution is 2.27. The lowest BCUT2D eigenvalue weighted by Crippen LogP contribution is -1.97. The van der Waals surface area contributed by atoms with Gasteiger partial charge in [0.2, 0.25) is 5.82 Å². The molecule has 0 aliphatic heterocycles. The standard InChI is InChI=1S/C22H16F2N2O3/c1-27-17-6-3-5-16(12-17)22-25-21(26-29-22)15-4-2-7-18(11-15)28-13-14-8-9-19(23)20(24)10-14/h2-12H,13H2,1H3. The third-order valence-electron chi connectivity index (χ3n) is 4.22. The van der Waals surface area contributed by atoms with Crippen LogP contribution in [0.1, 0.15) is 5.56 Å². The van der Waals surface area contributed by atoms with Crippen molar-refractivity contribution in [3.63, 3.8) is 0 Å². The molecule has 3 aromatic carbocycles. The number of hydrogen-bond donors (Lipinski definition) is 0. The van der Waals surface area contributed by atoms with E-state index in [1.807, 2.05) is 24.3 Å². The molecule has 4 aromatic rings. The van der Waals surface area contributed by atoms with Gasteiger partial charge in [-0.3, -0.25) is 0 Å². The van der Waals surface area contributed by atoms with Crippen molar-refractivity contribution in [2.45, 2.75) is 6.61 Å². The van der Waals surface area contributed by atoms with Crippen molar-refractivity contribution in [2.75, 3.05) is 7.11 Å². The average molecular weight is 394 g/mol. The van der Waals surface area contributed by atoms with E-state index in [2.05, 4.69) is 10.1 Å². The second-order valence-electron chi connectivity index (χ2n) is 6.22. The summed E-state index contributed by atoms with van der Waals surface area (Å²) < 4.78 is 42.6. The highest BCUT2D eigenvalue weighted by atomic mass is 19.2. The minimum atomic E-state index is -0.906. The van der Waals surface area contributed by atoms with Crippen molar-refractivity contribution < 1.29 is 22.8 Å². The van der Waals surface area contributed by atoms with Crippen molar-refractivity contribution >= 4 is 0 Å². The predicted octanol–water partition coefficient (Wildman–Crippen LogP) is 5.27. The van der Waals surface area contributed by atoms with Gasteiger partial charge in [0.15, 0.2) is 11.6 Å². The minimum Gasteiger partial charge on any atom is -0.497 e. The van der Waals surface area contributed by atoms with Crippen LogP contribution in [-0.4, -0.2) is 17.3 Å². The maximum atomic E-state index is 13.3. The fourth-order valence-electron chi connectivity index (χ4n) is 2.74. The van der Waals surface area contributed by atoms with E-state index in [9.17, 15) is 8.78 Å². The lowest BCUT2D eigenvalue weighted by Gasteiger charge is -2.07. The smallest absolute Gasteiger partial charge is 0.258 e. The minimum absolute atomic E-state index is 0.0992. The number of aromatic nitrogens is 2. The van der Waals surface area contributed by atoms with Crippen molar-refractivity contribution in [1.29, 1.82) is 0 Å². The molecule has 7 heteroatoms. The Morgan fingerprint density at radius 3 is 2.41 bits per heavy atom. The van der Waals surface area contributed by atoms with Crippen LogP contribution in [0.15, 0.2) is 71.3 Å². The number of ether oxygens (including phenoxy) is 2. The molecule has 0 fully saturated rings. The van der Waals surface area contributed by atoms with Crippen LogP contribution in [0.4, 0.5) is 8.78 Å². The quantitative estimate of drug-likeness (QED) is 0.446. The van der Waals surface area contributed by atoms with E-state index in [-0.39, 0.29) is 6.61 Å². The van der Waals surface area contributed by atoms with Gasteiger partial charge in [-0.2, -0.15) is 4.98 Å². The Kier molecular flexibility index (Phi) is 5.20. The molecule has 0 saturated heterocycles. The zero-order chi connectivity index (χ0) is 20.2. The lowest BCUT2D eigenvalue weighted by molar-refractivity contribution is 0.305. The zero-order valence-electron chi connectivity index (χ0n) is 15.4. The third kappa shape index (κ3) is 4.24. The molecule has 5 nitrogen and oxygen atoms in total. The van der Waals surface area contributed by atoms with Crippen LogP contribution in [0, 0.1) is 11.6 Å². The number of benzene rings is 3. The molecule has 0 radical (unpaired) electrons. The molecule has 0 aliphatic carbocycles. The fourth-order valence-corrected chi connectivity index (χ4v) is 2.74. The summed E-state index contributed by atoms with van der Waals surface area (Å²) in [6.07, 6.45) is 0. The number of nitrogens with zero attached hydrogens (tertiary/aromatic N) is 2. The maximum absolute atomic E-state index is 13.3. The van der Waals surface area contributed by atoms with Gasteiger partial charge in [-0.25, -0.2) is 8.78 Å². The Morgan fingerprint density at radius 2 is 1.62 bits per heavy atom. The summed E-state index contributed by atoms with van der Waals surface area (Å²) in [5, 5.41) is 4.03. The number of hydrogen-bond acceptors (Lipinski definition) is 5. The van der Waals surface area contributed by atoms with E-state index in [1.54, 1.807) is 31.4 Å². The van der Waals surface area contributed by atoms with Crippen molar-refractivity contribution in [2.24, 2.45) is 0 Å². The van der Waals surface area contributed by atoms with Crippen LogP contribution >= 0.6 is 0 Å². The van der Waals surface area contributed by atoms with Crippen LogP contribution in [-0.2, 0) is 6.61 Å². The van der Waals surface area contributed by atoms with Crippen molar-refractivity contribution in [1.82, 2.24) is 10.1 Å². The van der Waals surface area contributed by atoms with E-state index < -0.39 is 11.6 Å². The first-order chi connectivity index (χ1) is 14.1. The van der Waals surface area contributed by atoms with Crippen molar-refractivity contribution in [3.05, 3.63) is 83.9 Å². The first-order valence-electron chi connectivity index (χ1n) is 8.77. The molecule has 0 saturated carbocycles. The molecule has 4 rings (SSSR count). The third-order valence-corrected chi connectivity index (χ3v) is 4.22. The zero-order valence-corrected chi connectivity index (χ0v) is 15.4. The molecule has 0 atom stereocenters. The molecule has 0 amide bonds. The van der Waals surface area contributed by atoms with Gasteiger partial charge in [0.05, 0.1) is 7.11 Å². The molecule has 0 bridgehead atoms. The van der Waals surface area contributed by atoms with Gasteiger partial charge in [0, 0.05) is 11.1 Å². The van der Waals surface area contributed by atoms with E-state index in [0.717, 1.165) is 17.7 Å². The monoisotopic (exact) mass is 394 g/mol. The second kappa shape index (κ2) is 8.10. The predicted molar refractivity (Wildman–Crippen MR) is 102 cm³/mol. The summed E-state index contributed by atoms with van der Waals surface area (Å²) in [6.45, 7) is 0.0992. The van der Waals surface area contributed by atoms with Gasteiger partial charge in [-0.1, -0.05) is 29.4 Å². The number of methoxy groups -OCH3 is 1. The normalized spacial score (nSPS) is 10.7. The Morgan fingerprint density at radius 1 is 0.862 bits per heavy atom. The summed E-state index contributed by atoms with van der Waals surface area (Å²) in [5.41, 5.74) is 1.97. The molecule has 146 valence electrons. The topological polar surface area (TPSA) is 57.4 Å². The summed E-state index contributed by atoms with van der Waals surface area (Å²) in [4.78, 5) is 4.43. The van der Waals surface area contributed by atoms with Crippen LogP contribution in [0.5, 0.6) is 11.5 Å². The molecule has 0 unspecified atom stereocenters. The second-order valence-corrected chi connectivity index (χ2v) is 6.22. The lowest BCUT2D eigenvalue weighted by atomic mass is 10.2. The largest absolute Gasteiger partial charge is 0.497 e. The summed E-state index contributed by atoms with van der Waals surface area (Å²) in [5.74, 6) is 0.208. The first-order valence-corrected chi connectivity index (χ1v) is 8.77. The van der Waals surface area contributed by atoms with Gasteiger partial charge in [-0.05, 0) is 48.0 Å². The molecular weight excluding hydrogens is 378 g/mol. The van der Waals surface area contributed by atoms with E-state index in [1.165, 1.54) is 6.07 Å². The molecule has 1 heterocycles. The summed E-state index contributed by atoms with van der Waals surface area (Å²) in [6, 6.07) is 18.1. The van der Waals surface area contributed by atoms with Crippen LogP contribution in [0.25, 0.3) is 22.8 Å². The highest BCUT2D eigenvalue weighted by molar-refractivity contribution is 5.62. The molecule has 0 N–H and O–H groups in total. The van der Waals surface area contributed by atoms with E-state index >= 15 is 0 Å². The highest BCUT2D eigenvalue weighted by Gasteiger charge is 2.12. The number of rotatable bonds is 6. The number of halogens is 2. The molecule has 1 aromatic heterocycles. The van der Waals surface area contributed by atoms with Crippen LogP contribution in [0.3, 0.4) is 0 Å². The van der Waals surface area contributed by atoms with Crippen molar-refractivity contribution in [3.8, 4) is 34.3 Å². The first kappa shape index (κ1) is 18.6. The van der Waals surface area contributed by atoms with Gasteiger partial charge >= 0.3 is 0 Å². The Bertz CT molecular complexity index is 1140. The summed E-state index contributed by atoms with van der Waals surface area (Å²) >= 11 is 0. The van der Waals surface area contributed by atoms with Gasteiger partial charge in [0.25, 0.3) is 5.89 Å².